The lowest BCUT2D eigenvalue weighted by molar-refractivity contribution is -0.126. The molecule has 2 rings (SSSR count). The van der Waals surface area contributed by atoms with E-state index in [4.69, 9.17) is 12.2 Å². The Labute approximate surface area is 151 Å². The number of methoxy groups -OCH3 is 1. The summed E-state index contributed by atoms with van der Waals surface area (Å²) in [6.45, 7) is 0. The van der Waals surface area contributed by atoms with E-state index in [1.807, 2.05) is 0 Å². The minimum Gasteiger partial charge on any atom is -0.465 e. The van der Waals surface area contributed by atoms with Crippen LogP contribution in [0.1, 0.15) is 52.8 Å². The second-order valence-electron chi connectivity index (χ2n) is 5.80. The van der Waals surface area contributed by atoms with Crippen molar-refractivity contribution in [3.63, 3.8) is 0 Å². The van der Waals surface area contributed by atoms with E-state index in [1.54, 1.807) is 0 Å². The average Bonchev–Trinajstić information content (AvgIpc) is 2.66. The molecule has 1 aromatic rings. The van der Waals surface area contributed by atoms with E-state index in [1.165, 1.54) is 37.8 Å². The molecule has 0 bridgehead atoms. The number of benzene rings is 1. The Balaban J connectivity index is 1.80. The highest BCUT2D eigenvalue weighted by Crippen LogP contribution is 2.23. The van der Waals surface area contributed by atoms with E-state index in [-0.39, 0.29) is 16.9 Å². The van der Waals surface area contributed by atoms with Crippen LogP contribution in [0.15, 0.2) is 24.3 Å². The first-order valence-electron chi connectivity index (χ1n) is 8.11. The zero-order valence-electron chi connectivity index (χ0n) is 14.0. The molecular formula is C17H21N3O4S. The number of hydrogen-bond acceptors (Lipinski definition) is 5. The zero-order valence-corrected chi connectivity index (χ0v) is 14.8. The normalized spacial score (nSPS) is 14.3. The van der Waals surface area contributed by atoms with Gasteiger partial charge in [-0.2, -0.15) is 0 Å². The topological polar surface area (TPSA) is 96.5 Å². The number of nitrogens with one attached hydrogen (secondary N) is 3. The molecule has 7 nitrogen and oxygen atoms in total. The number of thiocarbonyl (C=S) groups is 1. The maximum Gasteiger partial charge on any atom is 0.337 e. The molecule has 3 N–H and O–H groups in total. The van der Waals surface area contributed by atoms with Gasteiger partial charge in [0.2, 0.25) is 5.91 Å². The van der Waals surface area contributed by atoms with Gasteiger partial charge in [-0.25, -0.2) is 4.79 Å². The minimum atomic E-state index is -0.477. The maximum atomic E-state index is 12.1. The van der Waals surface area contributed by atoms with Crippen molar-refractivity contribution in [2.24, 2.45) is 5.92 Å². The molecule has 0 unspecified atom stereocenters. The van der Waals surface area contributed by atoms with Crippen molar-refractivity contribution in [2.45, 2.75) is 32.1 Å². The summed E-state index contributed by atoms with van der Waals surface area (Å²) in [6, 6.07) is 5.96. The molecule has 0 spiro atoms. The first kappa shape index (κ1) is 18.9. The van der Waals surface area contributed by atoms with Gasteiger partial charge in [0.15, 0.2) is 5.11 Å². The van der Waals surface area contributed by atoms with Crippen molar-refractivity contribution < 1.29 is 19.1 Å². The third-order valence-corrected chi connectivity index (χ3v) is 4.27. The quantitative estimate of drug-likeness (QED) is 0.430. The van der Waals surface area contributed by atoms with Gasteiger partial charge in [-0.3, -0.25) is 25.8 Å². The van der Waals surface area contributed by atoms with Crippen molar-refractivity contribution in [3.05, 3.63) is 35.4 Å². The van der Waals surface area contributed by atoms with Crippen LogP contribution < -0.4 is 16.2 Å². The number of rotatable bonds is 3. The highest BCUT2D eigenvalue weighted by Gasteiger charge is 2.21. The van der Waals surface area contributed by atoms with Crippen LogP contribution in [-0.4, -0.2) is 30.0 Å². The second kappa shape index (κ2) is 9.12. The first-order valence-corrected chi connectivity index (χ1v) is 8.51. The molecule has 1 aromatic carbocycles. The maximum absolute atomic E-state index is 12.1. The largest absolute Gasteiger partial charge is 0.465 e. The lowest BCUT2D eigenvalue weighted by atomic mass is 9.89. The third kappa shape index (κ3) is 5.53. The van der Waals surface area contributed by atoms with Gasteiger partial charge in [-0.15, -0.1) is 0 Å². The molecule has 0 aliphatic heterocycles. The van der Waals surface area contributed by atoms with Gasteiger partial charge >= 0.3 is 5.97 Å². The van der Waals surface area contributed by atoms with Crippen LogP contribution in [0.25, 0.3) is 0 Å². The molecule has 0 aromatic heterocycles. The van der Waals surface area contributed by atoms with Crippen molar-refractivity contribution >= 4 is 35.1 Å². The van der Waals surface area contributed by atoms with Crippen LogP contribution >= 0.6 is 12.2 Å². The van der Waals surface area contributed by atoms with Gasteiger partial charge in [-0.1, -0.05) is 19.3 Å². The summed E-state index contributed by atoms with van der Waals surface area (Å²) in [5.74, 6) is -1.04. The van der Waals surface area contributed by atoms with Gasteiger partial charge in [0, 0.05) is 11.5 Å². The molecule has 134 valence electrons. The fourth-order valence-corrected chi connectivity index (χ4v) is 2.81. The second-order valence-corrected chi connectivity index (χ2v) is 6.21. The van der Waals surface area contributed by atoms with Gasteiger partial charge in [0.25, 0.3) is 5.91 Å². The molecule has 2 amide bonds. The molecular weight excluding hydrogens is 342 g/mol. The monoisotopic (exact) mass is 363 g/mol. The summed E-state index contributed by atoms with van der Waals surface area (Å²) >= 11 is 5.00. The van der Waals surface area contributed by atoms with Crippen LogP contribution in [0.2, 0.25) is 0 Å². The lowest BCUT2D eigenvalue weighted by Gasteiger charge is -2.21. The number of carbonyl (C=O) groups is 3. The molecule has 8 heteroatoms. The van der Waals surface area contributed by atoms with E-state index < -0.39 is 11.9 Å². The van der Waals surface area contributed by atoms with Gasteiger partial charge in [-0.05, 0) is 49.3 Å². The molecule has 1 saturated carbocycles. The van der Waals surface area contributed by atoms with Crippen molar-refractivity contribution in [2.75, 3.05) is 7.11 Å². The van der Waals surface area contributed by atoms with Crippen LogP contribution in [0.4, 0.5) is 0 Å². The van der Waals surface area contributed by atoms with Crippen LogP contribution in [0.3, 0.4) is 0 Å². The molecule has 0 heterocycles. The Bertz CT molecular complexity index is 654. The predicted molar refractivity (Wildman–Crippen MR) is 95.7 cm³/mol. The summed E-state index contributed by atoms with van der Waals surface area (Å²) < 4.78 is 4.59. The van der Waals surface area contributed by atoms with Crippen molar-refractivity contribution in [1.82, 2.24) is 16.2 Å². The van der Waals surface area contributed by atoms with Crippen molar-refractivity contribution in [1.29, 1.82) is 0 Å². The predicted octanol–water partition coefficient (Wildman–Crippen LogP) is 1.69. The third-order valence-electron chi connectivity index (χ3n) is 4.07. The molecule has 0 atom stereocenters. The highest BCUT2D eigenvalue weighted by atomic mass is 32.1. The van der Waals surface area contributed by atoms with Gasteiger partial charge in [0.1, 0.15) is 0 Å². The molecule has 1 fully saturated rings. The minimum absolute atomic E-state index is 0.00574. The molecule has 1 aliphatic rings. The fourth-order valence-electron chi connectivity index (χ4n) is 2.67. The number of hydrazine groups is 1. The molecule has 0 radical (unpaired) electrons. The number of amides is 2. The van der Waals surface area contributed by atoms with Crippen LogP contribution in [0, 0.1) is 5.92 Å². The summed E-state index contributed by atoms with van der Waals surface area (Å²) in [4.78, 5) is 35.4. The van der Waals surface area contributed by atoms with E-state index in [9.17, 15) is 14.4 Å². The SMILES string of the molecule is COC(=O)c1ccc(C(=O)NC(=S)NNC(=O)C2CCCCC2)cc1. The number of carbonyl (C=O) groups excluding carboxylic acids is 3. The van der Waals surface area contributed by atoms with Crippen molar-refractivity contribution in [3.8, 4) is 0 Å². The van der Waals surface area contributed by atoms with Gasteiger partial charge in [0.05, 0.1) is 12.7 Å². The van der Waals surface area contributed by atoms with Crippen LogP contribution in [0.5, 0.6) is 0 Å². The highest BCUT2D eigenvalue weighted by molar-refractivity contribution is 7.80. The Hall–Kier alpha value is -2.48. The summed E-state index contributed by atoms with van der Waals surface area (Å²) in [5.41, 5.74) is 5.76. The summed E-state index contributed by atoms with van der Waals surface area (Å²) in [5, 5.41) is 2.47. The van der Waals surface area contributed by atoms with Gasteiger partial charge < -0.3 is 4.74 Å². The van der Waals surface area contributed by atoms with E-state index in [0.717, 1.165) is 25.7 Å². The van der Waals surface area contributed by atoms with E-state index in [0.29, 0.717) is 11.1 Å². The molecule has 0 saturated heterocycles. The van der Waals surface area contributed by atoms with E-state index >= 15 is 0 Å². The summed E-state index contributed by atoms with van der Waals surface area (Å²) in [6.07, 6.45) is 5.03. The van der Waals surface area contributed by atoms with Crippen LogP contribution in [-0.2, 0) is 9.53 Å². The number of esters is 1. The Morgan fingerprint density at radius 1 is 1.00 bits per heavy atom. The molecule has 1 aliphatic carbocycles. The number of hydrogen-bond donors (Lipinski definition) is 3. The zero-order chi connectivity index (χ0) is 18.2. The Morgan fingerprint density at radius 3 is 2.20 bits per heavy atom. The first-order chi connectivity index (χ1) is 12.0. The summed E-state index contributed by atoms with van der Waals surface area (Å²) in [7, 11) is 1.29. The number of ether oxygens (including phenoxy) is 1. The van der Waals surface area contributed by atoms with E-state index in [2.05, 4.69) is 20.9 Å². The Kier molecular flexibility index (Phi) is 6.88. The fraction of sp³-hybridized carbons (Fsp3) is 0.412. The lowest BCUT2D eigenvalue weighted by Crippen LogP contribution is -2.50. The average molecular weight is 363 g/mol. The Morgan fingerprint density at radius 2 is 1.60 bits per heavy atom. The standard InChI is InChI=1S/C17H21N3O4S/c1-24-16(23)13-9-7-12(8-10-13)14(21)18-17(25)20-19-15(22)11-5-3-2-4-6-11/h7-11H,2-6H2,1H3,(H,19,22)(H2,18,20,21,25). The molecule has 25 heavy (non-hydrogen) atoms. The smallest absolute Gasteiger partial charge is 0.337 e.